The van der Waals surface area contributed by atoms with Crippen molar-refractivity contribution >= 4 is 9.52 Å². The summed E-state index contributed by atoms with van der Waals surface area (Å²) in [5.41, 5.74) is 1.41. The molecule has 0 aliphatic heterocycles. The topological polar surface area (TPSA) is 9.23 Å². The summed E-state index contributed by atoms with van der Waals surface area (Å²) in [6, 6.07) is 11.2. The molecular formula is C13H22OSi. The quantitative estimate of drug-likeness (QED) is 0.531. The molecule has 0 aromatic heterocycles. The van der Waals surface area contributed by atoms with Crippen molar-refractivity contribution in [3.8, 4) is 5.75 Å². The molecule has 0 atom stereocenters. The van der Waals surface area contributed by atoms with E-state index in [9.17, 15) is 0 Å². The smallest absolute Gasteiger partial charge is 0.122 e. The van der Waals surface area contributed by atoms with Gasteiger partial charge in [-0.2, -0.15) is 0 Å². The van der Waals surface area contributed by atoms with Crippen LogP contribution in [0.5, 0.6) is 5.75 Å². The van der Waals surface area contributed by atoms with E-state index in [-0.39, 0.29) is 15.6 Å². The van der Waals surface area contributed by atoms with E-state index in [4.69, 9.17) is 4.74 Å². The van der Waals surface area contributed by atoms with Crippen LogP contribution < -0.4 is 4.74 Å². The lowest BCUT2D eigenvalue weighted by Crippen LogP contribution is -2.08. The van der Waals surface area contributed by atoms with Crippen molar-refractivity contribution in [3.05, 3.63) is 29.8 Å². The largest absolute Gasteiger partial charge is 0.491 e. The summed E-state index contributed by atoms with van der Waals surface area (Å²) in [5.74, 6) is 1.09. The second-order valence-electron chi connectivity index (χ2n) is 4.23. The lowest BCUT2D eigenvalue weighted by Gasteiger charge is -2.13. The summed E-state index contributed by atoms with van der Waals surface area (Å²) in [7, 11) is 0.0777. The molecule has 0 N–H and O–H groups in total. The van der Waals surface area contributed by atoms with Crippen LogP contribution in [0.15, 0.2) is 24.3 Å². The van der Waals surface area contributed by atoms with Crippen molar-refractivity contribution in [1.29, 1.82) is 0 Å². The first-order valence-electron chi connectivity index (χ1n) is 5.98. The maximum Gasteiger partial charge on any atom is 0.122 e. The van der Waals surface area contributed by atoms with Gasteiger partial charge in [0.2, 0.25) is 0 Å². The molecule has 0 saturated heterocycles. The predicted octanol–water partition coefficient (Wildman–Crippen LogP) is 2.97. The minimum Gasteiger partial charge on any atom is -0.491 e. The van der Waals surface area contributed by atoms with Gasteiger partial charge in [-0.3, -0.25) is 0 Å². The van der Waals surface area contributed by atoms with Gasteiger partial charge in [0, 0.05) is 9.52 Å². The maximum absolute atomic E-state index is 5.80. The molecule has 2 heteroatoms. The minimum absolute atomic E-state index is 0.0777. The summed E-state index contributed by atoms with van der Waals surface area (Å²) >= 11 is 0. The van der Waals surface area contributed by atoms with E-state index in [2.05, 4.69) is 45.0 Å². The highest BCUT2D eigenvalue weighted by Crippen LogP contribution is 2.19. The number of hydrogen-bond acceptors (Lipinski definition) is 1. The summed E-state index contributed by atoms with van der Waals surface area (Å²) in [6.07, 6.45) is 1.61. The molecule has 0 spiro atoms. The van der Waals surface area contributed by atoms with Crippen molar-refractivity contribution in [2.45, 2.75) is 45.4 Å². The second-order valence-corrected chi connectivity index (χ2v) is 6.15. The van der Waals surface area contributed by atoms with E-state index in [0.717, 1.165) is 5.75 Å². The van der Waals surface area contributed by atoms with E-state index >= 15 is 0 Å². The molecule has 0 amide bonds. The highest BCUT2D eigenvalue weighted by Gasteiger charge is 2.04. The Kier molecular flexibility index (Phi) is 5.47. The summed E-state index contributed by atoms with van der Waals surface area (Å²) < 4.78 is 5.80. The molecule has 1 aromatic carbocycles. The Balaban J connectivity index is 2.60. The Bertz CT molecular complexity index is 284. The van der Waals surface area contributed by atoms with Crippen molar-refractivity contribution in [2.75, 3.05) is 0 Å². The lowest BCUT2D eigenvalue weighted by molar-refractivity contribution is 0.240. The minimum atomic E-state index is 0.0777. The fourth-order valence-corrected chi connectivity index (χ4v) is 3.19. The zero-order valence-corrected chi connectivity index (χ0v) is 11.5. The van der Waals surface area contributed by atoms with Gasteiger partial charge in [-0.05, 0) is 31.5 Å². The normalized spacial score (nSPS) is 11.5. The average molecular weight is 222 g/mol. The third-order valence-corrected chi connectivity index (χ3v) is 4.48. The average Bonchev–Trinajstić information content (AvgIpc) is 2.20. The molecular weight excluding hydrogens is 200 g/mol. The van der Waals surface area contributed by atoms with Crippen LogP contribution in [-0.2, 0) is 6.04 Å². The van der Waals surface area contributed by atoms with Crippen LogP contribution in [-0.4, -0.2) is 15.6 Å². The zero-order chi connectivity index (χ0) is 11.1. The highest BCUT2D eigenvalue weighted by atomic mass is 28.2. The third kappa shape index (κ3) is 4.52. The number of hydrogen-bond donors (Lipinski definition) is 0. The van der Waals surface area contributed by atoms with Crippen LogP contribution in [0, 0.1) is 0 Å². The first-order valence-corrected chi connectivity index (χ1v) is 7.98. The molecule has 0 heterocycles. The second kappa shape index (κ2) is 6.67. The molecule has 0 aliphatic rings. The molecule has 0 radical (unpaired) electrons. The number of rotatable bonds is 6. The van der Waals surface area contributed by atoms with E-state index in [1.54, 1.807) is 0 Å². The summed E-state index contributed by atoms with van der Waals surface area (Å²) in [6.45, 7) is 6.43. The van der Waals surface area contributed by atoms with Crippen molar-refractivity contribution in [2.24, 2.45) is 0 Å². The molecule has 15 heavy (non-hydrogen) atoms. The van der Waals surface area contributed by atoms with Crippen LogP contribution >= 0.6 is 0 Å². The molecule has 0 bridgehead atoms. The van der Waals surface area contributed by atoms with Crippen molar-refractivity contribution in [3.63, 3.8) is 0 Å². The van der Waals surface area contributed by atoms with Gasteiger partial charge >= 0.3 is 0 Å². The monoisotopic (exact) mass is 222 g/mol. The van der Waals surface area contributed by atoms with Crippen LogP contribution in [0.1, 0.15) is 32.8 Å². The first-order chi connectivity index (χ1) is 7.24. The Labute approximate surface area is 95.7 Å². The van der Waals surface area contributed by atoms with Crippen molar-refractivity contribution < 1.29 is 4.74 Å². The number of para-hydroxylation sites is 1. The summed E-state index contributed by atoms with van der Waals surface area (Å²) in [4.78, 5) is 0. The first kappa shape index (κ1) is 12.3. The molecule has 0 aliphatic carbocycles. The fourth-order valence-electron chi connectivity index (χ4n) is 1.64. The van der Waals surface area contributed by atoms with Crippen LogP contribution in [0.4, 0.5) is 0 Å². The lowest BCUT2D eigenvalue weighted by atomic mass is 10.2. The molecule has 0 unspecified atom stereocenters. The Hall–Kier alpha value is -0.763. The standard InChI is InChI=1S/C13H22OSi/c1-4-9-15-10-12-7-5-6-8-13(12)14-11(2)3/h5-8,11H,4,9-10,15H2,1-3H3. The molecule has 0 saturated carbocycles. The molecule has 1 nitrogen and oxygen atoms in total. The summed E-state index contributed by atoms with van der Waals surface area (Å²) in [5, 5.41) is 0. The molecule has 1 aromatic rings. The SMILES string of the molecule is CCC[SiH2]Cc1ccccc1OC(C)C. The Morgan fingerprint density at radius 1 is 1.27 bits per heavy atom. The van der Waals surface area contributed by atoms with Gasteiger partial charge in [0.15, 0.2) is 0 Å². The van der Waals surface area contributed by atoms with Crippen LogP contribution in [0.3, 0.4) is 0 Å². The molecule has 84 valence electrons. The predicted molar refractivity (Wildman–Crippen MR) is 69.6 cm³/mol. The van der Waals surface area contributed by atoms with Gasteiger partial charge in [-0.25, -0.2) is 0 Å². The van der Waals surface area contributed by atoms with Crippen LogP contribution in [0.2, 0.25) is 6.04 Å². The van der Waals surface area contributed by atoms with Gasteiger partial charge in [0.05, 0.1) is 6.10 Å². The Morgan fingerprint density at radius 2 is 2.00 bits per heavy atom. The van der Waals surface area contributed by atoms with Gasteiger partial charge in [0.25, 0.3) is 0 Å². The van der Waals surface area contributed by atoms with E-state index in [1.165, 1.54) is 24.1 Å². The zero-order valence-electron chi connectivity index (χ0n) is 10.1. The number of benzene rings is 1. The number of ether oxygens (including phenoxy) is 1. The van der Waals surface area contributed by atoms with Gasteiger partial charge in [-0.1, -0.05) is 37.6 Å². The van der Waals surface area contributed by atoms with Gasteiger partial charge in [-0.15, -0.1) is 0 Å². The maximum atomic E-state index is 5.80. The fraction of sp³-hybridized carbons (Fsp3) is 0.538. The third-order valence-electron chi connectivity index (χ3n) is 2.38. The van der Waals surface area contributed by atoms with Gasteiger partial charge < -0.3 is 4.74 Å². The highest BCUT2D eigenvalue weighted by molar-refractivity contribution is 6.34. The van der Waals surface area contributed by atoms with E-state index in [0.29, 0.717) is 0 Å². The molecule has 0 fully saturated rings. The molecule has 1 rings (SSSR count). The van der Waals surface area contributed by atoms with Crippen molar-refractivity contribution in [1.82, 2.24) is 0 Å². The van der Waals surface area contributed by atoms with E-state index in [1.807, 2.05) is 0 Å². The Morgan fingerprint density at radius 3 is 2.67 bits per heavy atom. The van der Waals surface area contributed by atoms with Gasteiger partial charge in [0.1, 0.15) is 5.75 Å². The van der Waals surface area contributed by atoms with E-state index < -0.39 is 0 Å². The van der Waals surface area contributed by atoms with Crippen LogP contribution in [0.25, 0.3) is 0 Å².